The maximum Gasteiger partial charge on any atom is 0.328 e. The lowest BCUT2D eigenvalue weighted by molar-refractivity contribution is 0.724. The SMILES string of the molecule is Nc1cn(Cc2c(Cl)cccc2Cl)c(=O)[nH]c1=O. The average molecular weight is 286 g/mol. The molecule has 3 N–H and O–H groups in total. The van der Waals surface area contributed by atoms with Crippen molar-refractivity contribution in [2.75, 3.05) is 5.73 Å². The molecule has 7 heteroatoms. The van der Waals surface area contributed by atoms with E-state index in [0.29, 0.717) is 15.6 Å². The van der Waals surface area contributed by atoms with E-state index in [1.54, 1.807) is 18.2 Å². The Kier molecular flexibility index (Phi) is 3.45. The predicted molar refractivity (Wildman–Crippen MR) is 71.3 cm³/mol. The maximum atomic E-state index is 11.6. The zero-order valence-corrected chi connectivity index (χ0v) is 10.6. The molecule has 2 aromatic rings. The van der Waals surface area contributed by atoms with E-state index in [9.17, 15) is 9.59 Å². The summed E-state index contributed by atoms with van der Waals surface area (Å²) in [7, 11) is 0. The van der Waals surface area contributed by atoms with Crippen molar-refractivity contribution in [2.24, 2.45) is 0 Å². The third-order valence-corrected chi connectivity index (χ3v) is 3.14. The predicted octanol–water partition coefficient (Wildman–Crippen LogP) is 1.47. The highest BCUT2D eigenvalue weighted by atomic mass is 35.5. The van der Waals surface area contributed by atoms with Crippen LogP contribution in [0, 0.1) is 0 Å². The Labute approximate surface area is 112 Å². The van der Waals surface area contributed by atoms with Crippen molar-refractivity contribution in [3.8, 4) is 0 Å². The Morgan fingerprint density at radius 1 is 1.22 bits per heavy atom. The van der Waals surface area contributed by atoms with Gasteiger partial charge in [-0.25, -0.2) is 4.79 Å². The smallest absolute Gasteiger partial charge is 0.328 e. The van der Waals surface area contributed by atoms with E-state index >= 15 is 0 Å². The molecule has 0 aliphatic carbocycles. The zero-order chi connectivity index (χ0) is 13.3. The van der Waals surface area contributed by atoms with Crippen LogP contribution in [0.5, 0.6) is 0 Å². The lowest BCUT2D eigenvalue weighted by atomic mass is 10.2. The van der Waals surface area contributed by atoms with Gasteiger partial charge in [0.2, 0.25) is 0 Å². The van der Waals surface area contributed by atoms with E-state index in [4.69, 9.17) is 28.9 Å². The van der Waals surface area contributed by atoms with E-state index in [2.05, 4.69) is 4.98 Å². The maximum absolute atomic E-state index is 11.6. The number of benzene rings is 1. The minimum absolute atomic E-state index is 0.0437. The van der Waals surface area contributed by atoms with Crippen molar-refractivity contribution < 1.29 is 0 Å². The Hall–Kier alpha value is -1.72. The second-order valence-electron chi connectivity index (χ2n) is 3.67. The first-order chi connectivity index (χ1) is 8.49. The summed E-state index contributed by atoms with van der Waals surface area (Å²) in [5.41, 5.74) is 4.82. The van der Waals surface area contributed by atoms with Gasteiger partial charge in [0.25, 0.3) is 5.56 Å². The van der Waals surface area contributed by atoms with Crippen LogP contribution in [-0.4, -0.2) is 9.55 Å². The normalized spacial score (nSPS) is 10.6. The Morgan fingerprint density at radius 2 is 1.83 bits per heavy atom. The van der Waals surface area contributed by atoms with Gasteiger partial charge in [0.05, 0.1) is 6.54 Å². The number of nitrogens with zero attached hydrogens (tertiary/aromatic N) is 1. The molecule has 2 rings (SSSR count). The van der Waals surface area contributed by atoms with Gasteiger partial charge in [0.1, 0.15) is 5.69 Å². The summed E-state index contributed by atoms with van der Waals surface area (Å²) in [6.45, 7) is 0.137. The molecule has 0 saturated carbocycles. The van der Waals surface area contributed by atoms with Crippen LogP contribution in [0.15, 0.2) is 34.0 Å². The molecule has 0 saturated heterocycles. The minimum Gasteiger partial charge on any atom is -0.393 e. The van der Waals surface area contributed by atoms with Crippen LogP contribution in [0.3, 0.4) is 0 Å². The van der Waals surface area contributed by atoms with Crippen molar-refractivity contribution in [3.05, 3.63) is 60.8 Å². The Bertz CT molecular complexity index is 686. The number of halogens is 2. The first-order valence-electron chi connectivity index (χ1n) is 5.01. The molecular weight excluding hydrogens is 277 g/mol. The number of nitrogens with one attached hydrogen (secondary N) is 1. The summed E-state index contributed by atoms with van der Waals surface area (Å²) >= 11 is 12.0. The lowest BCUT2D eigenvalue weighted by Crippen LogP contribution is -2.31. The molecule has 1 aromatic carbocycles. The number of aromatic amines is 1. The standard InChI is InChI=1S/C11H9Cl2N3O2/c12-7-2-1-3-8(13)6(7)4-16-5-9(14)10(17)15-11(16)18/h1-3,5H,4,14H2,(H,15,17,18). The van der Waals surface area contributed by atoms with Crippen LogP contribution < -0.4 is 17.0 Å². The molecule has 0 bridgehead atoms. The van der Waals surface area contributed by atoms with Gasteiger partial charge in [-0.1, -0.05) is 29.3 Å². The highest BCUT2D eigenvalue weighted by Crippen LogP contribution is 2.24. The quantitative estimate of drug-likeness (QED) is 0.877. The minimum atomic E-state index is -0.610. The van der Waals surface area contributed by atoms with Gasteiger partial charge >= 0.3 is 5.69 Å². The molecule has 5 nitrogen and oxygen atoms in total. The van der Waals surface area contributed by atoms with E-state index in [1.165, 1.54) is 10.8 Å². The van der Waals surface area contributed by atoms with Crippen LogP contribution in [0.2, 0.25) is 10.0 Å². The Balaban J connectivity index is 2.50. The van der Waals surface area contributed by atoms with E-state index in [0.717, 1.165) is 0 Å². The van der Waals surface area contributed by atoms with Crippen LogP contribution in [0.1, 0.15) is 5.56 Å². The molecule has 0 radical (unpaired) electrons. The first-order valence-corrected chi connectivity index (χ1v) is 5.77. The molecular formula is C11H9Cl2N3O2. The number of H-pyrrole nitrogens is 1. The molecule has 1 aromatic heterocycles. The summed E-state index contributed by atoms with van der Waals surface area (Å²) in [5.74, 6) is 0. The average Bonchev–Trinajstić information content (AvgIpc) is 2.30. The molecule has 18 heavy (non-hydrogen) atoms. The van der Waals surface area contributed by atoms with Crippen molar-refractivity contribution in [1.29, 1.82) is 0 Å². The summed E-state index contributed by atoms with van der Waals surface area (Å²) in [4.78, 5) is 24.8. The van der Waals surface area contributed by atoms with Crippen molar-refractivity contribution >= 4 is 28.9 Å². The van der Waals surface area contributed by atoms with Gasteiger partial charge in [-0.2, -0.15) is 0 Å². The monoisotopic (exact) mass is 285 g/mol. The molecule has 0 aliphatic rings. The van der Waals surface area contributed by atoms with Gasteiger partial charge in [-0.05, 0) is 12.1 Å². The van der Waals surface area contributed by atoms with Crippen molar-refractivity contribution in [1.82, 2.24) is 9.55 Å². The van der Waals surface area contributed by atoms with E-state index in [-0.39, 0.29) is 12.2 Å². The molecule has 94 valence electrons. The largest absolute Gasteiger partial charge is 0.393 e. The highest BCUT2D eigenvalue weighted by Gasteiger charge is 2.08. The third kappa shape index (κ3) is 2.42. The molecule has 0 amide bonds. The summed E-state index contributed by atoms with van der Waals surface area (Å²) in [6, 6.07) is 5.05. The Morgan fingerprint density at radius 3 is 2.44 bits per heavy atom. The lowest BCUT2D eigenvalue weighted by Gasteiger charge is -2.09. The van der Waals surface area contributed by atoms with Gasteiger partial charge in [-0.15, -0.1) is 0 Å². The summed E-state index contributed by atoms with van der Waals surface area (Å²) in [5, 5.41) is 0.887. The van der Waals surface area contributed by atoms with Crippen molar-refractivity contribution in [2.45, 2.75) is 6.54 Å². The molecule has 0 unspecified atom stereocenters. The molecule has 0 spiro atoms. The molecule has 0 atom stereocenters. The van der Waals surface area contributed by atoms with Gasteiger partial charge in [0, 0.05) is 21.8 Å². The van der Waals surface area contributed by atoms with Crippen LogP contribution >= 0.6 is 23.2 Å². The number of hydrogen-bond donors (Lipinski definition) is 2. The van der Waals surface area contributed by atoms with E-state index < -0.39 is 11.2 Å². The number of aromatic nitrogens is 2. The number of nitrogens with two attached hydrogens (primary N) is 1. The zero-order valence-electron chi connectivity index (χ0n) is 9.11. The second kappa shape index (κ2) is 4.88. The highest BCUT2D eigenvalue weighted by molar-refractivity contribution is 6.35. The number of rotatable bonds is 2. The summed E-state index contributed by atoms with van der Waals surface area (Å²) < 4.78 is 1.24. The summed E-state index contributed by atoms with van der Waals surface area (Å²) in [6.07, 6.45) is 1.26. The fourth-order valence-corrected chi connectivity index (χ4v) is 2.01. The van der Waals surface area contributed by atoms with Crippen LogP contribution in [0.4, 0.5) is 5.69 Å². The van der Waals surface area contributed by atoms with Crippen molar-refractivity contribution in [3.63, 3.8) is 0 Å². The molecule has 0 aliphatic heterocycles. The third-order valence-electron chi connectivity index (χ3n) is 2.43. The number of hydrogen-bond acceptors (Lipinski definition) is 3. The number of nitrogen functional groups attached to an aromatic ring is 1. The second-order valence-corrected chi connectivity index (χ2v) is 4.49. The fourth-order valence-electron chi connectivity index (χ4n) is 1.50. The topological polar surface area (TPSA) is 80.9 Å². The van der Waals surface area contributed by atoms with Crippen LogP contribution in [-0.2, 0) is 6.54 Å². The van der Waals surface area contributed by atoms with Gasteiger partial charge in [0.15, 0.2) is 0 Å². The fraction of sp³-hybridized carbons (Fsp3) is 0.0909. The van der Waals surface area contributed by atoms with Gasteiger partial charge < -0.3 is 5.73 Å². The molecule has 0 fully saturated rings. The molecule has 1 heterocycles. The number of anilines is 1. The van der Waals surface area contributed by atoms with Crippen LogP contribution in [0.25, 0.3) is 0 Å². The van der Waals surface area contributed by atoms with E-state index in [1.807, 2.05) is 0 Å². The first kappa shape index (κ1) is 12.7. The van der Waals surface area contributed by atoms with Gasteiger partial charge in [-0.3, -0.25) is 14.3 Å².